The second-order valence-electron chi connectivity index (χ2n) is 6.21. The van der Waals surface area contributed by atoms with Gasteiger partial charge in [-0.1, -0.05) is 13.8 Å². The van der Waals surface area contributed by atoms with Crippen LogP contribution in [0.2, 0.25) is 0 Å². The van der Waals surface area contributed by atoms with Crippen LogP contribution in [0.15, 0.2) is 18.2 Å². The molecule has 1 aliphatic rings. The zero-order valence-electron chi connectivity index (χ0n) is 13.6. The van der Waals surface area contributed by atoms with Crippen LogP contribution in [-0.2, 0) is 0 Å². The lowest BCUT2D eigenvalue weighted by Gasteiger charge is -2.45. The van der Waals surface area contributed by atoms with Crippen LogP contribution >= 0.6 is 0 Å². The summed E-state index contributed by atoms with van der Waals surface area (Å²) in [5, 5.41) is 20.9. The first kappa shape index (κ1) is 18.1. The summed E-state index contributed by atoms with van der Waals surface area (Å²) in [5.74, 6) is -1.57. The maximum absolute atomic E-state index is 13.6. The van der Waals surface area contributed by atoms with E-state index >= 15 is 0 Å². The maximum Gasteiger partial charge on any atom is 0.165 e. The van der Waals surface area contributed by atoms with Crippen molar-refractivity contribution in [2.75, 3.05) is 19.7 Å². The molecule has 0 bridgehead atoms. The number of likely N-dealkylation sites (tertiary alicyclic amines) is 1. The van der Waals surface area contributed by atoms with Crippen molar-refractivity contribution < 1.29 is 23.7 Å². The number of hydrogen-bond donors (Lipinski definition) is 2. The molecule has 23 heavy (non-hydrogen) atoms. The fraction of sp³-hybridized carbons (Fsp3) is 0.647. The number of halogens is 2. The average molecular weight is 329 g/mol. The highest BCUT2D eigenvalue weighted by molar-refractivity contribution is 5.25. The van der Waals surface area contributed by atoms with Gasteiger partial charge in [0.15, 0.2) is 11.6 Å². The SMILES string of the molecule is CCC(CC)N1CC[C@H](O)[C@@](O)(COc2cc(F)ccc2F)C1. The van der Waals surface area contributed by atoms with Crippen molar-refractivity contribution >= 4 is 0 Å². The predicted molar refractivity (Wildman–Crippen MR) is 83.4 cm³/mol. The van der Waals surface area contributed by atoms with Gasteiger partial charge < -0.3 is 14.9 Å². The minimum atomic E-state index is -1.50. The van der Waals surface area contributed by atoms with Gasteiger partial charge in [0.2, 0.25) is 0 Å². The zero-order valence-corrected chi connectivity index (χ0v) is 13.6. The number of aliphatic hydroxyl groups is 2. The van der Waals surface area contributed by atoms with Gasteiger partial charge in [0.1, 0.15) is 18.0 Å². The molecule has 0 aliphatic carbocycles. The molecule has 0 aromatic heterocycles. The molecular weight excluding hydrogens is 304 g/mol. The van der Waals surface area contributed by atoms with Gasteiger partial charge in [-0.2, -0.15) is 0 Å². The number of ether oxygens (including phenoxy) is 1. The van der Waals surface area contributed by atoms with Crippen LogP contribution < -0.4 is 4.74 Å². The number of hydrogen-bond acceptors (Lipinski definition) is 4. The molecule has 130 valence electrons. The molecule has 0 unspecified atom stereocenters. The van der Waals surface area contributed by atoms with Crippen LogP contribution in [-0.4, -0.2) is 52.6 Å². The lowest BCUT2D eigenvalue weighted by atomic mass is 9.89. The average Bonchev–Trinajstić information content (AvgIpc) is 2.53. The van der Waals surface area contributed by atoms with Crippen molar-refractivity contribution in [3.05, 3.63) is 29.8 Å². The molecule has 2 atom stereocenters. The third kappa shape index (κ3) is 4.19. The van der Waals surface area contributed by atoms with E-state index in [9.17, 15) is 19.0 Å². The summed E-state index contributed by atoms with van der Waals surface area (Å²) in [6, 6.07) is 3.23. The fourth-order valence-corrected chi connectivity index (χ4v) is 3.14. The molecule has 0 spiro atoms. The molecule has 1 aliphatic heterocycles. The molecule has 2 N–H and O–H groups in total. The smallest absolute Gasteiger partial charge is 0.165 e. The Bertz CT molecular complexity index is 525. The van der Waals surface area contributed by atoms with E-state index < -0.39 is 23.3 Å². The Labute approximate surface area is 135 Å². The minimum absolute atomic E-state index is 0.247. The number of aliphatic hydroxyl groups excluding tert-OH is 1. The molecule has 6 heteroatoms. The lowest BCUT2D eigenvalue weighted by molar-refractivity contribution is -0.145. The van der Waals surface area contributed by atoms with Gasteiger partial charge in [0.25, 0.3) is 0 Å². The molecule has 0 amide bonds. The largest absolute Gasteiger partial charge is 0.487 e. The summed E-state index contributed by atoms with van der Waals surface area (Å²) < 4.78 is 32.1. The number of piperidine rings is 1. The zero-order chi connectivity index (χ0) is 17.0. The van der Waals surface area contributed by atoms with Crippen LogP contribution in [0, 0.1) is 11.6 Å². The van der Waals surface area contributed by atoms with Crippen LogP contribution in [0.25, 0.3) is 0 Å². The fourth-order valence-electron chi connectivity index (χ4n) is 3.14. The molecule has 1 fully saturated rings. The van der Waals surface area contributed by atoms with Crippen LogP contribution in [0.5, 0.6) is 5.75 Å². The van der Waals surface area contributed by atoms with Gasteiger partial charge in [-0.3, -0.25) is 4.90 Å². The first-order valence-corrected chi connectivity index (χ1v) is 8.12. The quantitative estimate of drug-likeness (QED) is 0.841. The Morgan fingerprint density at radius 2 is 2.04 bits per heavy atom. The number of rotatable bonds is 6. The molecule has 0 radical (unpaired) electrons. The van der Waals surface area contributed by atoms with Gasteiger partial charge in [-0.05, 0) is 31.4 Å². The molecule has 1 saturated heterocycles. The monoisotopic (exact) mass is 329 g/mol. The lowest BCUT2D eigenvalue weighted by Crippen LogP contribution is -2.61. The van der Waals surface area contributed by atoms with E-state index in [2.05, 4.69) is 18.7 Å². The standard InChI is InChI=1S/C17H25F2NO3/c1-3-13(4-2)20-8-7-16(21)17(22,10-20)11-23-15-9-12(18)5-6-14(15)19/h5-6,9,13,16,21-22H,3-4,7-8,10-11H2,1-2H3/t16-,17-/m0/s1. The third-order valence-corrected chi connectivity index (χ3v) is 4.62. The summed E-state index contributed by atoms with van der Waals surface area (Å²) in [6.07, 6.45) is 1.36. The summed E-state index contributed by atoms with van der Waals surface area (Å²) in [7, 11) is 0. The van der Waals surface area contributed by atoms with E-state index in [0.717, 1.165) is 31.0 Å². The predicted octanol–water partition coefficient (Wildman–Crippen LogP) is 2.33. The number of benzene rings is 1. The molecule has 2 rings (SSSR count). The Kier molecular flexibility index (Phi) is 5.95. The topological polar surface area (TPSA) is 52.9 Å². The summed E-state index contributed by atoms with van der Waals surface area (Å²) in [6.45, 7) is 4.82. The van der Waals surface area contributed by atoms with Crippen LogP contribution in [0.1, 0.15) is 33.1 Å². The first-order valence-electron chi connectivity index (χ1n) is 8.12. The summed E-state index contributed by atoms with van der Waals surface area (Å²) in [4.78, 5) is 2.12. The first-order chi connectivity index (χ1) is 10.9. The molecular formula is C17H25F2NO3. The summed E-state index contributed by atoms with van der Waals surface area (Å²) in [5.41, 5.74) is -1.50. The molecule has 1 aromatic rings. The van der Waals surface area contributed by atoms with E-state index in [1.807, 2.05) is 0 Å². The molecule has 1 aromatic carbocycles. The Hall–Kier alpha value is -1.24. The van der Waals surface area contributed by atoms with Gasteiger partial charge in [-0.15, -0.1) is 0 Å². The Morgan fingerprint density at radius 3 is 2.70 bits per heavy atom. The van der Waals surface area contributed by atoms with Crippen molar-refractivity contribution in [1.29, 1.82) is 0 Å². The van der Waals surface area contributed by atoms with Gasteiger partial charge >= 0.3 is 0 Å². The normalized spacial score (nSPS) is 25.8. The maximum atomic E-state index is 13.6. The van der Waals surface area contributed by atoms with Crippen molar-refractivity contribution in [3.63, 3.8) is 0 Å². The van der Waals surface area contributed by atoms with E-state index in [4.69, 9.17) is 4.74 Å². The Morgan fingerprint density at radius 1 is 1.35 bits per heavy atom. The van der Waals surface area contributed by atoms with Crippen molar-refractivity contribution in [3.8, 4) is 5.75 Å². The number of β-amino-alcohol motifs (C(OH)–C–C–N with tert-alkyl or cyclic N) is 1. The Balaban J connectivity index is 2.07. The minimum Gasteiger partial charge on any atom is -0.487 e. The van der Waals surface area contributed by atoms with E-state index in [1.165, 1.54) is 0 Å². The highest BCUT2D eigenvalue weighted by Gasteiger charge is 2.43. The van der Waals surface area contributed by atoms with Crippen LogP contribution in [0.4, 0.5) is 8.78 Å². The van der Waals surface area contributed by atoms with Gasteiger partial charge in [0.05, 0.1) is 6.10 Å². The second-order valence-corrected chi connectivity index (χ2v) is 6.21. The second kappa shape index (κ2) is 7.55. The van der Waals surface area contributed by atoms with E-state index in [0.29, 0.717) is 19.0 Å². The number of nitrogens with zero attached hydrogens (tertiary/aromatic N) is 1. The third-order valence-electron chi connectivity index (χ3n) is 4.62. The van der Waals surface area contributed by atoms with Crippen molar-refractivity contribution in [2.24, 2.45) is 0 Å². The molecule has 4 nitrogen and oxygen atoms in total. The van der Waals surface area contributed by atoms with Gasteiger partial charge in [-0.25, -0.2) is 8.78 Å². The highest BCUT2D eigenvalue weighted by Crippen LogP contribution is 2.27. The van der Waals surface area contributed by atoms with Crippen molar-refractivity contribution in [1.82, 2.24) is 4.90 Å². The summed E-state index contributed by atoms with van der Waals surface area (Å²) >= 11 is 0. The molecule has 1 heterocycles. The van der Waals surface area contributed by atoms with E-state index in [-0.39, 0.29) is 18.9 Å². The van der Waals surface area contributed by atoms with Crippen molar-refractivity contribution in [2.45, 2.75) is 50.9 Å². The molecule has 0 saturated carbocycles. The van der Waals surface area contributed by atoms with E-state index in [1.54, 1.807) is 0 Å². The highest BCUT2D eigenvalue weighted by atomic mass is 19.1. The van der Waals surface area contributed by atoms with Gasteiger partial charge in [0, 0.05) is 25.2 Å². The van der Waals surface area contributed by atoms with Crippen LogP contribution in [0.3, 0.4) is 0 Å².